The molecule has 1 saturated heterocycles. The molecule has 0 unspecified atom stereocenters. The highest BCUT2D eigenvalue weighted by molar-refractivity contribution is 6.04. The van der Waals surface area contributed by atoms with E-state index >= 15 is 0 Å². The predicted octanol–water partition coefficient (Wildman–Crippen LogP) is 4.59. The number of rotatable bonds is 4. The van der Waals surface area contributed by atoms with E-state index in [2.05, 4.69) is 10.2 Å². The van der Waals surface area contributed by atoms with Gasteiger partial charge in [-0.25, -0.2) is 8.78 Å². The van der Waals surface area contributed by atoms with Crippen molar-refractivity contribution in [1.82, 2.24) is 4.90 Å². The summed E-state index contributed by atoms with van der Waals surface area (Å²) in [6.45, 7) is 3.12. The number of carbonyl (C=O) groups excluding carboxylic acids is 1. The van der Waals surface area contributed by atoms with Gasteiger partial charge < -0.3 is 5.32 Å². The van der Waals surface area contributed by atoms with Crippen molar-refractivity contribution in [2.75, 3.05) is 18.4 Å². The van der Waals surface area contributed by atoms with Crippen molar-refractivity contribution in [2.24, 2.45) is 0 Å². The van der Waals surface area contributed by atoms with Crippen LogP contribution in [-0.4, -0.2) is 23.9 Å². The first kappa shape index (κ1) is 17.5. The first-order chi connectivity index (χ1) is 12.1. The second kappa shape index (κ2) is 8.21. The van der Waals surface area contributed by atoms with Gasteiger partial charge in [0.2, 0.25) is 0 Å². The first-order valence-electron chi connectivity index (χ1n) is 8.69. The zero-order chi connectivity index (χ0) is 17.6. The van der Waals surface area contributed by atoms with Crippen molar-refractivity contribution in [3.63, 3.8) is 0 Å². The van der Waals surface area contributed by atoms with Gasteiger partial charge in [0.1, 0.15) is 11.6 Å². The number of halogens is 2. The predicted molar refractivity (Wildman–Crippen MR) is 94.5 cm³/mol. The van der Waals surface area contributed by atoms with Crippen molar-refractivity contribution in [3.05, 3.63) is 65.2 Å². The van der Waals surface area contributed by atoms with Crippen LogP contribution in [0.25, 0.3) is 0 Å². The lowest BCUT2D eigenvalue weighted by Crippen LogP contribution is -2.24. The molecular weight excluding hydrogens is 322 g/mol. The number of anilines is 1. The monoisotopic (exact) mass is 344 g/mol. The lowest BCUT2D eigenvalue weighted by molar-refractivity contribution is 0.102. The van der Waals surface area contributed by atoms with Crippen molar-refractivity contribution >= 4 is 11.6 Å². The Morgan fingerprint density at radius 2 is 1.64 bits per heavy atom. The minimum Gasteiger partial charge on any atom is -0.319 e. The normalized spacial score (nSPS) is 15.6. The molecule has 132 valence electrons. The Morgan fingerprint density at radius 1 is 0.960 bits per heavy atom. The average Bonchev–Trinajstić information content (AvgIpc) is 2.87. The van der Waals surface area contributed by atoms with Crippen molar-refractivity contribution in [3.8, 4) is 0 Å². The fraction of sp³-hybridized carbons (Fsp3) is 0.350. The van der Waals surface area contributed by atoms with Gasteiger partial charge in [0.15, 0.2) is 0 Å². The molecule has 3 nitrogen and oxygen atoms in total. The van der Waals surface area contributed by atoms with Crippen LogP contribution in [0, 0.1) is 11.6 Å². The van der Waals surface area contributed by atoms with Gasteiger partial charge in [0.25, 0.3) is 5.91 Å². The molecule has 1 heterocycles. The summed E-state index contributed by atoms with van der Waals surface area (Å²) in [7, 11) is 0. The van der Waals surface area contributed by atoms with Crippen molar-refractivity contribution < 1.29 is 13.6 Å². The molecule has 1 N–H and O–H groups in total. The Kier molecular flexibility index (Phi) is 5.76. The number of amides is 1. The van der Waals surface area contributed by atoms with E-state index in [9.17, 15) is 13.6 Å². The standard InChI is InChI=1S/C20H22F2N2O/c21-17-9-10-19(18(22)13-17)23-20(25)16-7-5-15(6-8-16)14-24-11-3-1-2-4-12-24/h5-10,13H,1-4,11-12,14H2,(H,23,25). The molecule has 5 heteroatoms. The molecule has 0 aliphatic carbocycles. The first-order valence-corrected chi connectivity index (χ1v) is 8.69. The number of nitrogens with one attached hydrogen (secondary N) is 1. The van der Waals surface area contributed by atoms with Crippen LogP contribution in [0.5, 0.6) is 0 Å². The number of nitrogens with zero attached hydrogens (tertiary/aromatic N) is 1. The quantitative estimate of drug-likeness (QED) is 0.879. The summed E-state index contributed by atoms with van der Waals surface area (Å²) in [5, 5.41) is 2.47. The van der Waals surface area contributed by atoms with Crippen molar-refractivity contribution in [1.29, 1.82) is 0 Å². The lowest BCUT2D eigenvalue weighted by atomic mass is 10.1. The van der Waals surface area contributed by atoms with Gasteiger partial charge >= 0.3 is 0 Å². The number of hydrogen-bond donors (Lipinski definition) is 1. The fourth-order valence-electron chi connectivity index (χ4n) is 3.10. The zero-order valence-electron chi connectivity index (χ0n) is 14.1. The summed E-state index contributed by atoms with van der Waals surface area (Å²) in [6.07, 6.45) is 5.08. The SMILES string of the molecule is O=C(Nc1ccc(F)cc1F)c1ccc(CN2CCCCCC2)cc1. The molecule has 0 saturated carbocycles. The van der Waals surface area contributed by atoms with E-state index in [4.69, 9.17) is 0 Å². The largest absolute Gasteiger partial charge is 0.319 e. The summed E-state index contributed by atoms with van der Waals surface area (Å²) in [5.74, 6) is -1.87. The van der Waals surface area contributed by atoms with Gasteiger partial charge in [0.05, 0.1) is 5.69 Å². The number of likely N-dealkylation sites (tertiary alicyclic amines) is 1. The maximum absolute atomic E-state index is 13.6. The molecule has 2 aromatic carbocycles. The summed E-state index contributed by atoms with van der Waals surface area (Å²) >= 11 is 0. The summed E-state index contributed by atoms with van der Waals surface area (Å²) < 4.78 is 26.5. The van der Waals surface area contributed by atoms with Gasteiger partial charge in [-0.05, 0) is 55.8 Å². The highest BCUT2D eigenvalue weighted by Crippen LogP contribution is 2.17. The van der Waals surface area contributed by atoms with E-state index in [0.29, 0.717) is 5.56 Å². The van der Waals surface area contributed by atoms with Gasteiger partial charge in [-0.2, -0.15) is 0 Å². The zero-order valence-corrected chi connectivity index (χ0v) is 14.1. The van der Waals surface area contributed by atoms with Crippen LogP contribution in [-0.2, 0) is 6.54 Å². The third-order valence-corrected chi connectivity index (χ3v) is 4.50. The van der Waals surface area contributed by atoms with Crippen LogP contribution in [0.2, 0.25) is 0 Å². The molecule has 0 radical (unpaired) electrons. The molecule has 1 aliphatic heterocycles. The van der Waals surface area contributed by atoms with E-state index in [0.717, 1.165) is 37.3 Å². The van der Waals surface area contributed by atoms with Crippen molar-refractivity contribution in [2.45, 2.75) is 32.2 Å². The fourth-order valence-corrected chi connectivity index (χ4v) is 3.10. The molecule has 0 atom stereocenters. The highest BCUT2D eigenvalue weighted by atomic mass is 19.1. The Labute approximate surface area is 146 Å². The molecule has 2 aromatic rings. The maximum Gasteiger partial charge on any atom is 0.255 e. The molecule has 3 rings (SSSR count). The Morgan fingerprint density at radius 3 is 2.28 bits per heavy atom. The van der Waals surface area contributed by atoms with E-state index < -0.39 is 17.5 Å². The van der Waals surface area contributed by atoms with E-state index in [-0.39, 0.29) is 5.69 Å². The molecule has 0 bridgehead atoms. The van der Waals surface area contributed by atoms with Gasteiger partial charge in [0, 0.05) is 18.2 Å². The summed E-state index contributed by atoms with van der Waals surface area (Å²) in [6, 6.07) is 10.4. The van der Waals surface area contributed by atoms with Crippen LogP contribution < -0.4 is 5.32 Å². The second-order valence-electron chi connectivity index (χ2n) is 6.47. The Balaban J connectivity index is 1.62. The minimum absolute atomic E-state index is 0.0277. The average molecular weight is 344 g/mol. The van der Waals surface area contributed by atoms with Crippen LogP contribution in [0.4, 0.5) is 14.5 Å². The lowest BCUT2D eigenvalue weighted by Gasteiger charge is -2.19. The van der Waals surface area contributed by atoms with Crippen LogP contribution in [0.1, 0.15) is 41.6 Å². The molecule has 0 aromatic heterocycles. The highest BCUT2D eigenvalue weighted by Gasteiger charge is 2.12. The van der Waals surface area contributed by atoms with Gasteiger partial charge in [-0.1, -0.05) is 25.0 Å². The van der Waals surface area contributed by atoms with Crippen LogP contribution in [0.3, 0.4) is 0 Å². The smallest absolute Gasteiger partial charge is 0.255 e. The topological polar surface area (TPSA) is 32.3 Å². The number of benzene rings is 2. The molecule has 1 aliphatic rings. The molecular formula is C20H22F2N2O. The minimum atomic E-state index is -0.786. The summed E-state index contributed by atoms with van der Waals surface area (Å²) in [5.41, 5.74) is 1.58. The third kappa shape index (κ3) is 4.86. The van der Waals surface area contributed by atoms with E-state index in [1.807, 2.05) is 12.1 Å². The molecule has 1 fully saturated rings. The number of carbonyl (C=O) groups is 1. The maximum atomic E-state index is 13.6. The second-order valence-corrected chi connectivity index (χ2v) is 6.47. The van der Waals surface area contributed by atoms with Crippen LogP contribution >= 0.6 is 0 Å². The van der Waals surface area contributed by atoms with Gasteiger partial charge in [-0.3, -0.25) is 9.69 Å². The molecule has 25 heavy (non-hydrogen) atoms. The Bertz CT molecular complexity index is 723. The van der Waals surface area contributed by atoms with Gasteiger partial charge in [-0.15, -0.1) is 0 Å². The van der Waals surface area contributed by atoms with E-state index in [1.54, 1.807) is 12.1 Å². The summed E-state index contributed by atoms with van der Waals surface area (Å²) in [4.78, 5) is 14.7. The number of hydrogen-bond acceptors (Lipinski definition) is 2. The third-order valence-electron chi connectivity index (χ3n) is 4.50. The Hall–Kier alpha value is -2.27. The van der Waals surface area contributed by atoms with Crippen LogP contribution in [0.15, 0.2) is 42.5 Å². The molecule has 1 amide bonds. The van der Waals surface area contributed by atoms with E-state index in [1.165, 1.54) is 31.7 Å². The molecule has 0 spiro atoms.